The molecule has 0 spiro atoms. The molecule has 5 heteroatoms. The van der Waals surface area contributed by atoms with Crippen molar-refractivity contribution in [2.24, 2.45) is 0 Å². The highest BCUT2D eigenvalue weighted by molar-refractivity contribution is 8.76. The Hall–Kier alpha value is -0.230. The van der Waals surface area contributed by atoms with E-state index in [0.29, 0.717) is 6.61 Å². The highest BCUT2D eigenvalue weighted by Crippen LogP contribution is 2.31. The Labute approximate surface area is 97.0 Å². The molecule has 3 nitrogen and oxygen atoms in total. The lowest BCUT2D eigenvalue weighted by molar-refractivity contribution is -0.0225. The van der Waals surface area contributed by atoms with Gasteiger partial charge in [0.25, 0.3) is 0 Å². The van der Waals surface area contributed by atoms with E-state index < -0.39 is 0 Å². The second-order valence-corrected chi connectivity index (χ2v) is 5.89. The van der Waals surface area contributed by atoms with Gasteiger partial charge < -0.3 is 9.84 Å². The summed E-state index contributed by atoms with van der Waals surface area (Å²) in [5.41, 5.74) is 1.10. The molecule has 0 bridgehead atoms. The molecule has 1 saturated heterocycles. The monoisotopic (exact) mass is 243 g/mol. The molecule has 1 aromatic rings. The van der Waals surface area contributed by atoms with Crippen molar-refractivity contribution in [2.45, 2.75) is 18.8 Å². The van der Waals surface area contributed by atoms with Gasteiger partial charge in [-0.25, -0.2) is 0 Å². The molecule has 0 radical (unpaired) electrons. The summed E-state index contributed by atoms with van der Waals surface area (Å²) in [5.74, 6) is 1.61. The number of aliphatic hydroxyl groups is 1. The molecule has 15 heavy (non-hydrogen) atoms. The molecule has 82 valence electrons. The maximum atomic E-state index is 9.68. The number of hydrogen-bond acceptors (Lipinski definition) is 5. The van der Waals surface area contributed by atoms with Crippen molar-refractivity contribution in [3.05, 3.63) is 30.1 Å². The third-order valence-corrected chi connectivity index (χ3v) is 4.62. The fraction of sp³-hybridized carbons (Fsp3) is 0.500. The topological polar surface area (TPSA) is 42.4 Å². The van der Waals surface area contributed by atoms with Gasteiger partial charge in [0.15, 0.2) is 0 Å². The molecule has 2 heterocycles. The predicted molar refractivity (Wildman–Crippen MR) is 63.7 cm³/mol. The third-order valence-electron chi connectivity index (χ3n) is 2.20. The highest BCUT2D eigenvalue weighted by atomic mass is 33.1. The molecule has 0 aliphatic carbocycles. The Morgan fingerprint density at radius 3 is 2.80 bits per heavy atom. The van der Waals surface area contributed by atoms with E-state index in [9.17, 15) is 5.11 Å². The fourth-order valence-corrected chi connectivity index (χ4v) is 3.69. The molecule has 0 saturated carbocycles. The summed E-state index contributed by atoms with van der Waals surface area (Å²) >= 11 is 0. The van der Waals surface area contributed by atoms with Crippen molar-refractivity contribution in [2.75, 3.05) is 11.5 Å². The lowest BCUT2D eigenvalue weighted by atomic mass is 10.2. The summed E-state index contributed by atoms with van der Waals surface area (Å²) in [6.45, 7) is 0.551. The zero-order chi connectivity index (χ0) is 10.5. The molecule has 0 amide bonds. The number of aromatic nitrogens is 1. The van der Waals surface area contributed by atoms with E-state index in [2.05, 4.69) is 4.98 Å². The summed E-state index contributed by atoms with van der Waals surface area (Å²) in [6, 6.07) is 3.86. The largest absolute Gasteiger partial charge is 0.389 e. The summed E-state index contributed by atoms with van der Waals surface area (Å²) in [6.07, 6.45) is 3.13. The van der Waals surface area contributed by atoms with Crippen molar-refractivity contribution in [3.63, 3.8) is 0 Å². The van der Waals surface area contributed by atoms with Gasteiger partial charge in [0.05, 0.1) is 18.8 Å². The van der Waals surface area contributed by atoms with Gasteiger partial charge in [-0.2, -0.15) is 0 Å². The molecule has 1 unspecified atom stereocenters. The molecule has 0 aromatic carbocycles. The average Bonchev–Trinajstić information content (AvgIpc) is 2.29. The number of pyridine rings is 1. The molecule has 2 rings (SSSR count). The Morgan fingerprint density at radius 1 is 1.33 bits per heavy atom. The van der Waals surface area contributed by atoms with Gasteiger partial charge in [0.1, 0.15) is 0 Å². The average molecular weight is 243 g/mol. The lowest BCUT2D eigenvalue weighted by Gasteiger charge is -2.26. The minimum atomic E-state index is -0.335. The minimum Gasteiger partial charge on any atom is -0.389 e. The van der Waals surface area contributed by atoms with Crippen LogP contribution in [0.5, 0.6) is 0 Å². The first-order valence-corrected chi connectivity index (χ1v) is 7.28. The van der Waals surface area contributed by atoms with Crippen molar-refractivity contribution in [1.82, 2.24) is 4.98 Å². The Bertz CT molecular complexity index is 297. The second-order valence-electron chi connectivity index (χ2n) is 3.34. The third kappa shape index (κ3) is 3.38. The Kier molecular flexibility index (Phi) is 4.31. The lowest BCUT2D eigenvalue weighted by Crippen LogP contribution is -2.35. The van der Waals surface area contributed by atoms with Crippen LogP contribution in [0.1, 0.15) is 5.56 Å². The number of aliphatic hydroxyl groups excluding tert-OH is 1. The first kappa shape index (κ1) is 11.3. The van der Waals surface area contributed by atoms with Crippen LogP contribution in [0, 0.1) is 0 Å². The maximum Gasteiger partial charge on any atom is 0.0945 e. The van der Waals surface area contributed by atoms with Crippen LogP contribution >= 0.6 is 21.6 Å². The summed E-state index contributed by atoms with van der Waals surface area (Å²) in [5, 5.41) is 9.68. The molecule has 1 aliphatic rings. The van der Waals surface area contributed by atoms with Crippen molar-refractivity contribution < 1.29 is 9.84 Å². The zero-order valence-electron chi connectivity index (χ0n) is 8.20. The van der Waals surface area contributed by atoms with Crippen LogP contribution < -0.4 is 0 Å². The molecule has 1 aliphatic heterocycles. The molecular formula is C10H13NO2S2. The summed E-state index contributed by atoms with van der Waals surface area (Å²) < 4.78 is 5.67. The minimum absolute atomic E-state index is 0.0376. The van der Waals surface area contributed by atoms with Crippen LogP contribution in [-0.2, 0) is 11.3 Å². The van der Waals surface area contributed by atoms with E-state index in [0.717, 1.165) is 17.1 Å². The number of rotatable bonds is 3. The SMILES string of the molecule is OC1CSSC[C@H]1OCc1ccncc1. The van der Waals surface area contributed by atoms with Crippen molar-refractivity contribution >= 4 is 21.6 Å². The normalized spacial score (nSPS) is 26.5. The first-order chi connectivity index (χ1) is 7.36. The van der Waals surface area contributed by atoms with Crippen LogP contribution in [0.4, 0.5) is 0 Å². The van der Waals surface area contributed by atoms with Crippen LogP contribution in [0.2, 0.25) is 0 Å². The van der Waals surface area contributed by atoms with E-state index in [1.165, 1.54) is 0 Å². The number of nitrogens with zero attached hydrogens (tertiary/aromatic N) is 1. The first-order valence-electron chi connectivity index (χ1n) is 4.79. The van der Waals surface area contributed by atoms with Crippen LogP contribution in [0.25, 0.3) is 0 Å². The van der Waals surface area contributed by atoms with Gasteiger partial charge in [-0.3, -0.25) is 4.98 Å². The number of ether oxygens (including phenoxy) is 1. The van der Waals surface area contributed by atoms with E-state index in [1.807, 2.05) is 12.1 Å². The van der Waals surface area contributed by atoms with Crippen LogP contribution in [-0.4, -0.2) is 33.8 Å². The molecule has 1 fully saturated rings. The summed E-state index contributed by atoms with van der Waals surface area (Å²) in [4.78, 5) is 3.94. The molecular weight excluding hydrogens is 230 g/mol. The Morgan fingerprint density at radius 2 is 2.07 bits per heavy atom. The van der Waals surface area contributed by atoms with E-state index in [4.69, 9.17) is 4.74 Å². The van der Waals surface area contributed by atoms with Gasteiger partial charge in [-0.1, -0.05) is 21.6 Å². The van der Waals surface area contributed by atoms with E-state index >= 15 is 0 Å². The van der Waals surface area contributed by atoms with Gasteiger partial charge in [0, 0.05) is 23.9 Å². The van der Waals surface area contributed by atoms with Gasteiger partial charge in [-0.15, -0.1) is 0 Å². The fourth-order valence-electron chi connectivity index (χ4n) is 1.29. The van der Waals surface area contributed by atoms with Gasteiger partial charge in [0.2, 0.25) is 0 Å². The quantitative estimate of drug-likeness (QED) is 0.819. The molecule has 1 N–H and O–H groups in total. The van der Waals surface area contributed by atoms with E-state index in [1.54, 1.807) is 34.0 Å². The number of hydrogen-bond donors (Lipinski definition) is 1. The highest BCUT2D eigenvalue weighted by Gasteiger charge is 2.24. The van der Waals surface area contributed by atoms with Crippen molar-refractivity contribution in [3.8, 4) is 0 Å². The zero-order valence-corrected chi connectivity index (χ0v) is 9.84. The maximum absolute atomic E-state index is 9.68. The van der Waals surface area contributed by atoms with Gasteiger partial charge in [-0.05, 0) is 17.7 Å². The standard InChI is InChI=1S/C10H13NO2S2/c12-9-6-14-15-7-10(9)13-5-8-1-3-11-4-2-8/h1-4,9-10,12H,5-7H2/t9?,10-/m1/s1. The molecule has 1 aromatic heterocycles. The van der Waals surface area contributed by atoms with Gasteiger partial charge >= 0.3 is 0 Å². The smallest absolute Gasteiger partial charge is 0.0945 e. The van der Waals surface area contributed by atoms with Crippen LogP contribution in [0.15, 0.2) is 24.5 Å². The van der Waals surface area contributed by atoms with E-state index in [-0.39, 0.29) is 12.2 Å². The second kappa shape index (κ2) is 5.75. The molecule has 2 atom stereocenters. The predicted octanol–water partition coefficient (Wildman–Crippen LogP) is 1.72. The van der Waals surface area contributed by atoms with Crippen molar-refractivity contribution in [1.29, 1.82) is 0 Å². The summed E-state index contributed by atoms with van der Waals surface area (Å²) in [7, 11) is 3.47. The Balaban J connectivity index is 1.82. The van der Waals surface area contributed by atoms with Crippen LogP contribution in [0.3, 0.4) is 0 Å².